The van der Waals surface area contributed by atoms with Crippen LogP contribution in [0.25, 0.3) is 0 Å². The lowest BCUT2D eigenvalue weighted by Gasteiger charge is -2.34. The predicted molar refractivity (Wildman–Crippen MR) is 69.8 cm³/mol. The minimum Gasteiger partial charge on any atom is -0.338 e. The Balaban J connectivity index is 1.96. The Morgan fingerprint density at radius 3 is 2.83 bits per heavy atom. The van der Waals surface area contributed by atoms with Crippen molar-refractivity contribution in [3.05, 3.63) is 18.0 Å². The van der Waals surface area contributed by atoms with E-state index in [1.165, 1.54) is 0 Å². The molecule has 1 aliphatic rings. The summed E-state index contributed by atoms with van der Waals surface area (Å²) in [5.74, 6) is 0.871. The lowest BCUT2D eigenvalue weighted by molar-refractivity contribution is -0.137. The number of hydrogen-bond acceptors (Lipinski definition) is 3. The van der Waals surface area contributed by atoms with Crippen LogP contribution in [0, 0.1) is 11.8 Å². The first kappa shape index (κ1) is 13.1. The standard InChI is InChI=1S/C13H22N4O/c1-4-17(9-11-5-15-16(3)8-11)13(18)10(2)12-6-14-7-12/h5,8,10,12,14H,4,6-7,9H2,1-3H3. The third kappa shape index (κ3) is 2.72. The van der Waals surface area contributed by atoms with Crippen LogP contribution in [-0.2, 0) is 18.4 Å². The molecule has 0 spiro atoms. The first-order valence-corrected chi connectivity index (χ1v) is 6.58. The molecule has 1 aromatic heterocycles. The van der Waals surface area contributed by atoms with Crippen molar-refractivity contribution >= 4 is 5.91 Å². The second-order valence-electron chi connectivity index (χ2n) is 5.08. The van der Waals surface area contributed by atoms with Gasteiger partial charge < -0.3 is 10.2 Å². The van der Waals surface area contributed by atoms with Gasteiger partial charge in [-0.15, -0.1) is 0 Å². The zero-order valence-electron chi connectivity index (χ0n) is 11.4. The Bertz CT molecular complexity index is 411. The number of carbonyl (C=O) groups excluding carboxylic acids is 1. The number of aryl methyl sites for hydroxylation is 1. The molecule has 1 atom stereocenters. The number of rotatable bonds is 5. The SMILES string of the molecule is CCN(Cc1cnn(C)c1)C(=O)C(C)C1CNC1. The zero-order chi connectivity index (χ0) is 13.1. The lowest BCUT2D eigenvalue weighted by Crippen LogP contribution is -2.50. The topological polar surface area (TPSA) is 50.2 Å². The molecule has 5 nitrogen and oxygen atoms in total. The molecule has 2 rings (SSSR count). The third-order valence-corrected chi connectivity index (χ3v) is 3.73. The molecule has 2 heterocycles. The summed E-state index contributed by atoms with van der Waals surface area (Å²) in [5, 5.41) is 7.36. The van der Waals surface area contributed by atoms with Crippen molar-refractivity contribution in [3.63, 3.8) is 0 Å². The predicted octanol–water partition coefficient (Wildman–Crippen LogP) is 0.624. The first-order valence-electron chi connectivity index (χ1n) is 6.58. The molecule has 1 saturated heterocycles. The molecule has 100 valence electrons. The maximum Gasteiger partial charge on any atom is 0.226 e. The van der Waals surface area contributed by atoms with Gasteiger partial charge in [-0.05, 0) is 25.9 Å². The van der Waals surface area contributed by atoms with Crippen molar-refractivity contribution in [1.82, 2.24) is 20.0 Å². The summed E-state index contributed by atoms with van der Waals surface area (Å²) >= 11 is 0. The maximum absolute atomic E-state index is 12.4. The highest BCUT2D eigenvalue weighted by Gasteiger charge is 2.31. The molecule has 1 amide bonds. The molecule has 1 N–H and O–H groups in total. The monoisotopic (exact) mass is 250 g/mol. The van der Waals surface area contributed by atoms with Gasteiger partial charge in [0.2, 0.25) is 5.91 Å². The summed E-state index contributed by atoms with van der Waals surface area (Å²) in [6, 6.07) is 0. The van der Waals surface area contributed by atoms with Crippen LogP contribution in [0.4, 0.5) is 0 Å². The van der Waals surface area contributed by atoms with Crippen molar-refractivity contribution < 1.29 is 4.79 Å². The Kier molecular flexibility index (Phi) is 4.01. The van der Waals surface area contributed by atoms with Gasteiger partial charge in [-0.3, -0.25) is 9.48 Å². The highest BCUT2D eigenvalue weighted by atomic mass is 16.2. The number of carbonyl (C=O) groups is 1. The number of hydrogen-bond donors (Lipinski definition) is 1. The van der Waals surface area contributed by atoms with E-state index in [0.717, 1.165) is 25.2 Å². The van der Waals surface area contributed by atoms with Crippen molar-refractivity contribution in [2.75, 3.05) is 19.6 Å². The first-order chi connectivity index (χ1) is 8.61. The fourth-order valence-electron chi connectivity index (χ4n) is 2.27. The molecular formula is C13H22N4O. The van der Waals surface area contributed by atoms with Crippen LogP contribution < -0.4 is 5.32 Å². The molecule has 0 saturated carbocycles. The summed E-state index contributed by atoms with van der Waals surface area (Å²) in [7, 11) is 1.89. The lowest BCUT2D eigenvalue weighted by atomic mass is 9.88. The van der Waals surface area contributed by atoms with Gasteiger partial charge in [-0.25, -0.2) is 0 Å². The number of amides is 1. The average Bonchev–Trinajstić information content (AvgIpc) is 2.68. The number of nitrogens with zero attached hydrogens (tertiary/aromatic N) is 3. The molecule has 1 aromatic rings. The van der Waals surface area contributed by atoms with Crippen LogP contribution in [0.5, 0.6) is 0 Å². The molecule has 5 heteroatoms. The second kappa shape index (κ2) is 5.52. The zero-order valence-corrected chi connectivity index (χ0v) is 11.4. The van der Waals surface area contributed by atoms with Gasteiger partial charge in [0.1, 0.15) is 0 Å². The largest absolute Gasteiger partial charge is 0.338 e. The van der Waals surface area contributed by atoms with Gasteiger partial charge in [0.05, 0.1) is 6.20 Å². The minimum absolute atomic E-state index is 0.114. The fourth-order valence-corrected chi connectivity index (χ4v) is 2.27. The smallest absolute Gasteiger partial charge is 0.226 e. The molecule has 0 aliphatic carbocycles. The van der Waals surface area contributed by atoms with Crippen LogP contribution in [-0.4, -0.2) is 40.2 Å². The molecular weight excluding hydrogens is 228 g/mol. The summed E-state index contributed by atoms with van der Waals surface area (Å²) in [5.41, 5.74) is 1.09. The summed E-state index contributed by atoms with van der Waals surface area (Å²) in [4.78, 5) is 14.3. The second-order valence-corrected chi connectivity index (χ2v) is 5.08. The van der Waals surface area contributed by atoms with Crippen LogP contribution in [0.3, 0.4) is 0 Å². The summed E-state index contributed by atoms with van der Waals surface area (Å²) < 4.78 is 1.77. The van der Waals surface area contributed by atoms with E-state index in [2.05, 4.69) is 10.4 Å². The Hall–Kier alpha value is -1.36. The van der Waals surface area contributed by atoms with Crippen molar-refractivity contribution in [1.29, 1.82) is 0 Å². The van der Waals surface area contributed by atoms with Crippen molar-refractivity contribution in [2.45, 2.75) is 20.4 Å². The molecule has 1 fully saturated rings. The molecule has 1 unspecified atom stereocenters. The van der Waals surface area contributed by atoms with Gasteiger partial charge in [0, 0.05) is 37.8 Å². The van der Waals surface area contributed by atoms with Crippen LogP contribution >= 0.6 is 0 Å². The molecule has 18 heavy (non-hydrogen) atoms. The van der Waals surface area contributed by atoms with Crippen molar-refractivity contribution in [2.24, 2.45) is 18.9 Å². The normalized spacial score (nSPS) is 17.3. The highest BCUT2D eigenvalue weighted by molar-refractivity contribution is 5.79. The van der Waals surface area contributed by atoms with Gasteiger partial charge >= 0.3 is 0 Å². The summed E-state index contributed by atoms with van der Waals surface area (Å²) in [6.45, 7) is 7.42. The molecule has 0 radical (unpaired) electrons. The van der Waals surface area contributed by atoms with Crippen LogP contribution in [0.15, 0.2) is 12.4 Å². The van der Waals surface area contributed by atoms with E-state index in [4.69, 9.17) is 0 Å². The van der Waals surface area contributed by atoms with E-state index in [1.54, 1.807) is 4.68 Å². The third-order valence-electron chi connectivity index (χ3n) is 3.73. The quantitative estimate of drug-likeness (QED) is 0.833. The van der Waals surface area contributed by atoms with E-state index in [9.17, 15) is 4.79 Å². The van der Waals surface area contributed by atoms with Gasteiger partial charge in [-0.2, -0.15) is 5.10 Å². The Morgan fingerprint density at radius 2 is 2.39 bits per heavy atom. The molecule has 1 aliphatic heterocycles. The van der Waals surface area contributed by atoms with E-state index in [1.807, 2.05) is 38.2 Å². The molecule has 0 aromatic carbocycles. The number of aromatic nitrogens is 2. The fraction of sp³-hybridized carbons (Fsp3) is 0.692. The average molecular weight is 250 g/mol. The van der Waals surface area contributed by atoms with Crippen molar-refractivity contribution in [3.8, 4) is 0 Å². The van der Waals surface area contributed by atoms with Gasteiger partial charge in [0.25, 0.3) is 0 Å². The summed E-state index contributed by atoms with van der Waals surface area (Å²) in [6.07, 6.45) is 3.79. The van der Waals surface area contributed by atoms with E-state index < -0.39 is 0 Å². The van der Waals surface area contributed by atoms with Crippen LogP contribution in [0.1, 0.15) is 19.4 Å². The van der Waals surface area contributed by atoms with E-state index in [0.29, 0.717) is 12.5 Å². The van der Waals surface area contributed by atoms with Gasteiger partial charge in [0.15, 0.2) is 0 Å². The Labute approximate surface area is 108 Å². The van der Waals surface area contributed by atoms with Gasteiger partial charge in [-0.1, -0.05) is 6.92 Å². The van der Waals surface area contributed by atoms with E-state index >= 15 is 0 Å². The minimum atomic E-state index is 0.114. The highest BCUT2D eigenvalue weighted by Crippen LogP contribution is 2.19. The maximum atomic E-state index is 12.4. The van der Waals surface area contributed by atoms with Crippen LogP contribution in [0.2, 0.25) is 0 Å². The number of nitrogens with one attached hydrogen (secondary N) is 1. The van der Waals surface area contributed by atoms with E-state index in [-0.39, 0.29) is 11.8 Å². The Morgan fingerprint density at radius 1 is 1.67 bits per heavy atom. The molecule has 0 bridgehead atoms.